The van der Waals surface area contributed by atoms with Crippen LogP contribution in [0.15, 0.2) is 45.9 Å². The van der Waals surface area contributed by atoms with Crippen LogP contribution < -0.4 is 5.32 Å². The second kappa shape index (κ2) is 6.91. The van der Waals surface area contributed by atoms with Crippen molar-refractivity contribution >= 4 is 29.3 Å². The highest BCUT2D eigenvalue weighted by Crippen LogP contribution is 2.38. The Hall–Kier alpha value is -2.21. The van der Waals surface area contributed by atoms with E-state index in [4.69, 9.17) is 9.52 Å². The van der Waals surface area contributed by atoms with Crippen molar-refractivity contribution in [1.82, 2.24) is 0 Å². The molecule has 6 heteroatoms. The van der Waals surface area contributed by atoms with Crippen molar-refractivity contribution in [2.75, 3.05) is 5.32 Å². The molecular formula is C17H17NO4S. The Bertz CT molecular complexity index is 719. The van der Waals surface area contributed by atoms with Crippen molar-refractivity contribution in [3.63, 3.8) is 0 Å². The zero-order chi connectivity index (χ0) is 16.2. The topological polar surface area (TPSA) is 79.5 Å². The van der Waals surface area contributed by atoms with Crippen molar-refractivity contribution in [2.45, 2.75) is 35.8 Å². The van der Waals surface area contributed by atoms with Gasteiger partial charge in [0.1, 0.15) is 6.26 Å². The van der Waals surface area contributed by atoms with Gasteiger partial charge in [0.05, 0.1) is 11.3 Å². The number of hydrogen-bond donors (Lipinski definition) is 2. The van der Waals surface area contributed by atoms with E-state index in [9.17, 15) is 9.59 Å². The van der Waals surface area contributed by atoms with E-state index >= 15 is 0 Å². The van der Waals surface area contributed by atoms with Gasteiger partial charge in [0.15, 0.2) is 5.76 Å². The summed E-state index contributed by atoms with van der Waals surface area (Å²) in [6, 6.07) is 8.87. The minimum atomic E-state index is -1.12. The first-order valence-corrected chi connectivity index (χ1v) is 8.40. The molecule has 1 amide bonds. The summed E-state index contributed by atoms with van der Waals surface area (Å²) in [6.45, 7) is 0. The summed E-state index contributed by atoms with van der Waals surface area (Å²) >= 11 is 1.79. The maximum atomic E-state index is 12.2. The van der Waals surface area contributed by atoms with Crippen LogP contribution >= 0.6 is 11.8 Å². The first-order valence-electron chi connectivity index (χ1n) is 7.52. The number of carboxylic acids is 1. The quantitative estimate of drug-likeness (QED) is 0.855. The molecule has 0 saturated heterocycles. The second-order valence-corrected chi connectivity index (χ2v) is 6.82. The minimum Gasteiger partial charge on any atom is -0.478 e. The Labute approximate surface area is 138 Å². The molecule has 0 aliphatic heterocycles. The number of carbonyl (C=O) groups is 2. The van der Waals surface area contributed by atoms with Gasteiger partial charge in [0.25, 0.3) is 5.91 Å². The maximum Gasteiger partial charge on any atom is 0.338 e. The number of hydrogen-bond acceptors (Lipinski definition) is 4. The number of nitrogens with one attached hydrogen (secondary N) is 1. The number of carboxylic acid groups (broad SMARTS) is 1. The van der Waals surface area contributed by atoms with E-state index in [1.54, 1.807) is 11.8 Å². The number of anilines is 1. The summed E-state index contributed by atoms with van der Waals surface area (Å²) in [6.07, 6.45) is 5.99. The maximum absolute atomic E-state index is 12.2. The molecule has 0 bridgehead atoms. The third-order valence-corrected chi connectivity index (χ3v) is 5.22. The summed E-state index contributed by atoms with van der Waals surface area (Å²) < 4.78 is 5.03. The molecule has 1 aromatic heterocycles. The van der Waals surface area contributed by atoms with Gasteiger partial charge in [-0.3, -0.25) is 4.79 Å². The third kappa shape index (κ3) is 3.76. The van der Waals surface area contributed by atoms with Crippen LogP contribution in [0.3, 0.4) is 0 Å². The Morgan fingerprint density at radius 3 is 2.65 bits per heavy atom. The van der Waals surface area contributed by atoms with Crippen molar-refractivity contribution < 1.29 is 19.1 Å². The number of rotatable bonds is 5. The predicted octanol–water partition coefficient (Wildman–Crippen LogP) is 4.26. The largest absolute Gasteiger partial charge is 0.478 e. The number of amides is 1. The summed E-state index contributed by atoms with van der Waals surface area (Å²) in [5, 5.41) is 12.3. The molecule has 0 spiro atoms. The minimum absolute atomic E-state index is 0.0110. The monoisotopic (exact) mass is 331 g/mol. The average molecular weight is 331 g/mol. The highest BCUT2D eigenvalue weighted by atomic mass is 32.2. The van der Waals surface area contributed by atoms with E-state index in [1.165, 1.54) is 31.7 Å². The molecule has 1 aromatic carbocycles. The van der Waals surface area contributed by atoms with Gasteiger partial charge in [0.2, 0.25) is 0 Å². The third-order valence-electron chi connectivity index (χ3n) is 3.80. The first kappa shape index (κ1) is 15.7. The van der Waals surface area contributed by atoms with Crippen molar-refractivity contribution in [1.29, 1.82) is 0 Å². The van der Waals surface area contributed by atoms with E-state index in [-0.39, 0.29) is 11.3 Å². The van der Waals surface area contributed by atoms with Gasteiger partial charge in [-0.15, -0.1) is 11.8 Å². The molecular weight excluding hydrogens is 314 g/mol. The molecule has 2 aromatic rings. The second-order valence-electron chi connectivity index (χ2n) is 5.48. The molecule has 1 saturated carbocycles. The Morgan fingerprint density at radius 2 is 1.96 bits per heavy atom. The van der Waals surface area contributed by atoms with Crippen LogP contribution in [0.4, 0.5) is 5.69 Å². The van der Waals surface area contributed by atoms with E-state index < -0.39 is 11.9 Å². The zero-order valence-corrected chi connectivity index (χ0v) is 13.3. The number of thioether (sulfide) groups is 1. The fraction of sp³-hybridized carbons (Fsp3) is 0.294. The summed E-state index contributed by atoms with van der Waals surface area (Å²) in [4.78, 5) is 24.1. The van der Waals surface area contributed by atoms with E-state index in [2.05, 4.69) is 5.32 Å². The number of benzene rings is 1. The van der Waals surface area contributed by atoms with E-state index in [0.717, 1.165) is 16.8 Å². The molecule has 120 valence electrons. The normalized spacial score (nSPS) is 14.8. The lowest BCUT2D eigenvalue weighted by atomic mass is 10.3. The molecule has 0 unspecified atom stereocenters. The van der Waals surface area contributed by atoms with Crippen LogP contribution in [-0.2, 0) is 0 Å². The number of para-hydroxylation sites is 1. The lowest BCUT2D eigenvalue weighted by Crippen LogP contribution is -2.12. The van der Waals surface area contributed by atoms with Gasteiger partial charge in [-0.05, 0) is 25.0 Å². The van der Waals surface area contributed by atoms with E-state index in [0.29, 0.717) is 5.25 Å². The van der Waals surface area contributed by atoms with Crippen LogP contribution in [0.25, 0.3) is 0 Å². The van der Waals surface area contributed by atoms with Crippen molar-refractivity contribution in [3.05, 3.63) is 47.9 Å². The van der Waals surface area contributed by atoms with Gasteiger partial charge in [-0.2, -0.15) is 0 Å². The zero-order valence-electron chi connectivity index (χ0n) is 12.5. The fourth-order valence-electron chi connectivity index (χ4n) is 2.61. The first-order chi connectivity index (χ1) is 11.1. The summed E-state index contributed by atoms with van der Waals surface area (Å²) in [5.41, 5.74) is 0.687. The van der Waals surface area contributed by atoms with Gasteiger partial charge in [-0.1, -0.05) is 25.0 Å². The van der Waals surface area contributed by atoms with Gasteiger partial charge >= 0.3 is 5.97 Å². The molecule has 3 rings (SSSR count). The molecule has 23 heavy (non-hydrogen) atoms. The SMILES string of the molecule is O=C(O)c1coc(C(=O)Nc2ccccc2SC2CCCC2)c1. The lowest BCUT2D eigenvalue weighted by molar-refractivity contribution is 0.0696. The molecule has 1 aliphatic carbocycles. The standard InChI is InChI=1S/C17H17NO4S/c19-16(14-9-11(10-22-14)17(20)21)18-13-7-3-4-8-15(13)23-12-5-1-2-6-12/h3-4,7-10,12H,1-2,5-6H2,(H,18,19)(H,20,21). The average Bonchev–Trinajstić information content (AvgIpc) is 3.20. The Kier molecular flexibility index (Phi) is 4.71. The number of carbonyl (C=O) groups excluding carboxylic acids is 1. The Morgan fingerprint density at radius 1 is 1.22 bits per heavy atom. The molecule has 2 N–H and O–H groups in total. The number of furan rings is 1. The molecule has 1 aliphatic rings. The lowest BCUT2D eigenvalue weighted by Gasteiger charge is -2.13. The van der Waals surface area contributed by atoms with Crippen LogP contribution in [0.1, 0.15) is 46.6 Å². The van der Waals surface area contributed by atoms with Crippen LogP contribution in [0, 0.1) is 0 Å². The van der Waals surface area contributed by atoms with Gasteiger partial charge in [0, 0.05) is 16.2 Å². The Balaban J connectivity index is 1.73. The molecule has 5 nitrogen and oxygen atoms in total. The van der Waals surface area contributed by atoms with E-state index in [1.807, 2.05) is 24.3 Å². The van der Waals surface area contributed by atoms with Crippen LogP contribution in [0.5, 0.6) is 0 Å². The summed E-state index contributed by atoms with van der Waals surface area (Å²) in [7, 11) is 0. The fourth-order valence-corrected chi connectivity index (χ4v) is 3.94. The highest BCUT2D eigenvalue weighted by Gasteiger charge is 2.19. The molecule has 1 fully saturated rings. The molecule has 0 radical (unpaired) electrons. The van der Waals surface area contributed by atoms with Crippen LogP contribution in [0.2, 0.25) is 0 Å². The highest BCUT2D eigenvalue weighted by molar-refractivity contribution is 8.00. The van der Waals surface area contributed by atoms with Gasteiger partial charge < -0.3 is 14.8 Å². The number of aromatic carboxylic acids is 1. The molecule has 0 atom stereocenters. The summed E-state index contributed by atoms with van der Waals surface area (Å²) in [5.74, 6) is -1.58. The predicted molar refractivity (Wildman–Crippen MR) is 88.2 cm³/mol. The van der Waals surface area contributed by atoms with Crippen molar-refractivity contribution in [3.8, 4) is 0 Å². The van der Waals surface area contributed by atoms with Crippen LogP contribution in [-0.4, -0.2) is 22.2 Å². The van der Waals surface area contributed by atoms with Gasteiger partial charge in [-0.25, -0.2) is 4.79 Å². The van der Waals surface area contributed by atoms with Crippen molar-refractivity contribution in [2.24, 2.45) is 0 Å². The molecule has 1 heterocycles. The smallest absolute Gasteiger partial charge is 0.338 e.